The van der Waals surface area contributed by atoms with Crippen LogP contribution in [0.15, 0.2) is 24.4 Å². The first-order chi connectivity index (χ1) is 6.40. The molecule has 1 unspecified atom stereocenters. The van der Waals surface area contributed by atoms with E-state index in [0.29, 0.717) is 5.92 Å². The smallest absolute Gasteiger partial charge is 0.128 e. The second kappa shape index (κ2) is 3.82. The first-order valence-electron chi connectivity index (χ1n) is 4.76. The lowest BCUT2D eigenvalue weighted by Crippen LogP contribution is -2.20. The van der Waals surface area contributed by atoms with Gasteiger partial charge in [-0.05, 0) is 24.5 Å². The third-order valence-electron chi connectivity index (χ3n) is 2.59. The van der Waals surface area contributed by atoms with E-state index in [9.17, 15) is 0 Å². The van der Waals surface area contributed by atoms with E-state index < -0.39 is 0 Å². The van der Waals surface area contributed by atoms with Crippen molar-refractivity contribution >= 4 is 13.7 Å². The van der Waals surface area contributed by atoms with Crippen LogP contribution in [0.25, 0.3) is 0 Å². The van der Waals surface area contributed by atoms with Gasteiger partial charge in [0.2, 0.25) is 0 Å². The summed E-state index contributed by atoms with van der Waals surface area (Å²) in [5.41, 5.74) is 0. The van der Waals surface area contributed by atoms with Crippen LogP contribution in [0, 0.1) is 5.92 Å². The van der Waals surface area contributed by atoms with Gasteiger partial charge in [0.1, 0.15) is 5.82 Å². The van der Waals surface area contributed by atoms with Crippen LogP contribution in [0.5, 0.6) is 0 Å². The Labute approximate surface area is 80.4 Å². The van der Waals surface area contributed by atoms with Crippen molar-refractivity contribution in [1.82, 2.24) is 4.98 Å². The van der Waals surface area contributed by atoms with Gasteiger partial charge in [0, 0.05) is 19.3 Å². The molecule has 1 saturated heterocycles. The maximum atomic E-state index is 5.63. The molecule has 1 aliphatic heterocycles. The molecule has 66 valence electrons. The number of aromatic nitrogens is 1. The van der Waals surface area contributed by atoms with E-state index in [1.807, 2.05) is 18.3 Å². The van der Waals surface area contributed by atoms with E-state index in [-0.39, 0.29) is 0 Å². The first-order valence-corrected chi connectivity index (χ1v) is 4.76. The molecule has 1 atom stereocenters. The maximum absolute atomic E-state index is 5.63. The zero-order valence-electron chi connectivity index (χ0n) is 7.69. The topological polar surface area (TPSA) is 16.1 Å². The minimum Gasteiger partial charge on any atom is -0.356 e. The summed E-state index contributed by atoms with van der Waals surface area (Å²) in [6, 6.07) is 6.02. The summed E-state index contributed by atoms with van der Waals surface area (Å²) < 4.78 is 0. The van der Waals surface area contributed by atoms with Gasteiger partial charge in [-0.3, -0.25) is 0 Å². The highest BCUT2D eigenvalue weighted by Crippen LogP contribution is 2.22. The Morgan fingerprint density at radius 1 is 1.54 bits per heavy atom. The predicted molar refractivity (Wildman–Crippen MR) is 55.1 cm³/mol. The van der Waals surface area contributed by atoms with Gasteiger partial charge in [-0.1, -0.05) is 12.4 Å². The van der Waals surface area contributed by atoms with E-state index in [2.05, 4.69) is 16.0 Å². The molecule has 3 heteroatoms. The van der Waals surface area contributed by atoms with E-state index in [0.717, 1.165) is 25.2 Å². The minimum absolute atomic E-state index is 0.655. The molecule has 13 heavy (non-hydrogen) atoms. The minimum atomic E-state index is 0.655. The van der Waals surface area contributed by atoms with Gasteiger partial charge in [-0.2, -0.15) is 0 Å². The lowest BCUT2D eigenvalue weighted by molar-refractivity contribution is 0.658. The fraction of sp³-hybridized carbons (Fsp3) is 0.500. The Bertz CT molecular complexity index is 263. The highest BCUT2D eigenvalue weighted by atomic mass is 15.2. The van der Waals surface area contributed by atoms with Crippen molar-refractivity contribution in [3.05, 3.63) is 24.4 Å². The van der Waals surface area contributed by atoms with Crippen LogP contribution in [0.3, 0.4) is 0 Å². The van der Waals surface area contributed by atoms with Crippen molar-refractivity contribution in [2.45, 2.75) is 12.7 Å². The zero-order valence-corrected chi connectivity index (χ0v) is 7.69. The van der Waals surface area contributed by atoms with Crippen molar-refractivity contribution in [1.29, 1.82) is 0 Å². The van der Waals surface area contributed by atoms with E-state index >= 15 is 0 Å². The van der Waals surface area contributed by atoms with Gasteiger partial charge in [-0.15, -0.1) is 0 Å². The highest BCUT2D eigenvalue weighted by molar-refractivity contribution is 6.08. The molecule has 2 radical (unpaired) electrons. The molecule has 2 rings (SSSR count). The number of pyridine rings is 1. The Hall–Kier alpha value is -0.985. The second-order valence-corrected chi connectivity index (χ2v) is 3.52. The lowest BCUT2D eigenvalue weighted by Gasteiger charge is -2.16. The monoisotopic (exact) mass is 172 g/mol. The molecule has 0 bridgehead atoms. The number of hydrogen-bond donors (Lipinski definition) is 0. The largest absolute Gasteiger partial charge is 0.356 e. The zero-order chi connectivity index (χ0) is 9.10. The average Bonchev–Trinajstić information content (AvgIpc) is 2.67. The van der Waals surface area contributed by atoms with Crippen molar-refractivity contribution < 1.29 is 0 Å². The number of rotatable bonds is 2. The Morgan fingerprint density at radius 3 is 3.08 bits per heavy atom. The third-order valence-corrected chi connectivity index (χ3v) is 2.59. The Balaban J connectivity index is 2.04. The molecule has 0 spiro atoms. The lowest BCUT2D eigenvalue weighted by atomic mass is 9.91. The molecule has 0 saturated carbocycles. The summed E-state index contributed by atoms with van der Waals surface area (Å²) in [5.74, 6) is 1.74. The number of nitrogens with zero attached hydrogens (tertiary/aromatic N) is 2. The molecule has 0 amide bonds. The van der Waals surface area contributed by atoms with Crippen molar-refractivity contribution in [2.24, 2.45) is 5.92 Å². The predicted octanol–water partition coefficient (Wildman–Crippen LogP) is 1.49. The molecule has 1 aliphatic rings. The van der Waals surface area contributed by atoms with Crippen LogP contribution in [0.4, 0.5) is 5.82 Å². The molecular weight excluding hydrogens is 159 g/mol. The molecule has 1 aromatic heterocycles. The van der Waals surface area contributed by atoms with E-state index in [1.165, 1.54) is 6.42 Å². The number of hydrogen-bond acceptors (Lipinski definition) is 2. The summed E-state index contributed by atoms with van der Waals surface area (Å²) in [6.07, 6.45) is 3.83. The van der Waals surface area contributed by atoms with Gasteiger partial charge in [-0.25, -0.2) is 4.98 Å². The fourth-order valence-corrected chi connectivity index (χ4v) is 1.77. The Kier molecular flexibility index (Phi) is 2.53. The first kappa shape index (κ1) is 8.61. The van der Waals surface area contributed by atoms with E-state index in [1.54, 1.807) is 0 Å². The van der Waals surface area contributed by atoms with Crippen molar-refractivity contribution in [2.75, 3.05) is 18.0 Å². The molecule has 0 aromatic carbocycles. The van der Waals surface area contributed by atoms with Crippen LogP contribution < -0.4 is 4.90 Å². The van der Waals surface area contributed by atoms with Gasteiger partial charge < -0.3 is 4.90 Å². The second-order valence-electron chi connectivity index (χ2n) is 3.52. The molecule has 0 N–H and O–H groups in total. The average molecular weight is 172 g/mol. The SMILES string of the molecule is [B]CC1CCN(c2ccccn2)C1. The Morgan fingerprint density at radius 2 is 2.46 bits per heavy atom. The van der Waals surface area contributed by atoms with Crippen LogP contribution in [0.2, 0.25) is 6.32 Å². The quantitative estimate of drug-likeness (QED) is 0.628. The summed E-state index contributed by atoms with van der Waals surface area (Å²) in [7, 11) is 5.63. The highest BCUT2D eigenvalue weighted by Gasteiger charge is 2.20. The van der Waals surface area contributed by atoms with Crippen LogP contribution in [-0.2, 0) is 0 Å². The van der Waals surface area contributed by atoms with E-state index in [4.69, 9.17) is 7.85 Å². The summed E-state index contributed by atoms with van der Waals surface area (Å²) in [5, 5.41) is 0. The van der Waals surface area contributed by atoms with Crippen molar-refractivity contribution in [3.8, 4) is 0 Å². The van der Waals surface area contributed by atoms with Crippen molar-refractivity contribution in [3.63, 3.8) is 0 Å². The fourth-order valence-electron chi connectivity index (χ4n) is 1.77. The van der Waals surface area contributed by atoms with Gasteiger partial charge >= 0.3 is 0 Å². The normalized spacial score (nSPS) is 22.2. The molecule has 0 aliphatic carbocycles. The summed E-state index contributed by atoms with van der Waals surface area (Å²) in [4.78, 5) is 6.62. The van der Waals surface area contributed by atoms with Crippen LogP contribution in [-0.4, -0.2) is 25.9 Å². The van der Waals surface area contributed by atoms with Gasteiger partial charge in [0.15, 0.2) is 0 Å². The van der Waals surface area contributed by atoms with Gasteiger partial charge in [0.05, 0.1) is 7.85 Å². The summed E-state index contributed by atoms with van der Waals surface area (Å²) in [6.45, 7) is 2.16. The molecular formula is C10H13BN2. The molecule has 2 heterocycles. The molecule has 1 fully saturated rings. The van der Waals surface area contributed by atoms with Crippen LogP contribution in [0.1, 0.15) is 6.42 Å². The summed E-state index contributed by atoms with van der Waals surface area (Å²) >= 11 is 0. The van der Waals surface area contributed by atoms with Crippen LogP contribution >= 0.6 is 0 Å². The standard InChI is InChI=1S/C10H13BN2/c11-7-9-4-6-13(8-9)10-3-1-2-5-12-10/h1-3,5,9H,4,6-8H2. The number of anilines is 1. The van der Waals surface area contributed by atoms with Gasteiger partial charge in [0.25, 0.3) is 0 Å². The third kappa shape index (κ3) is 1.85. The molecule has 2 nitrogen and oxygen atoms in total. The maximum Gasteiger partial charge on any atom is 0.128 e. The molecule has 1 aromatic rings.